The van der Waals surface area contributed by atoms with E-state index in [1.54, 1.807) is 67.1 Å². The van der Waals surface area contributed by atoms with Gasteiger partial charge in [0.2, 0.25) is 11.9 Å². The van der Waals surface area contributed by atoms with Gasteiger partial charge < -0.3 is 39.2 Å². The zero-order valence-electron chi connectivity index (χ0n) is 58.6. The van der Waals surface area contributed by atoms with Gasteiger partial charge in [-0.1, -0.05) is 52.4 Å². The minimum absolute atomic E-state index is 0.0674. The van der Waals surface area contributed by atoms with Crippen LogP contribution in [0, 0.1) is 0 Å². The summed E-state index contributed by atoms with van der Waals surface area (Å²) < 4.78 is 29.1. The van der Waals surface area contributed by atoms with Crippen LogP contribution in [-0.2, 0) is 50.0 Å². The second-order valence-electron chi connectivity index (χ2n) is 29.7. The van der Waals surface area contributed by atoms with Crippen LogP contribution >= 0.6 is 11.6 Å². The van der Waals surface area contributed by atoms with Gasteiger partial charge in [0.15, 0.2) is 11.6 Å². The molecule has 0 saturated carbocycles. The molecule has 0 aliphatic carbocycles. The zero-order valence-corrected chi connectivity index (χ0v) is 59.3. The molecule has 0 radical (unpaired) electrons. The highest BCUT2D eigenvalue weighted by molar-refractivity contribution is 6.62. The van der Waals surface area contributed by atoms with Gasteiger partial charge in [-0.2, -0.15) is 5.10 Å². The summed E-state index contributed by atoms with van der Waals surface area (Å²) in [6, 6.07) is 15.9. The highest BCUT2D eigenvalue weighted by Gasteiger charge is 2.52. The summed E-state index contributed by atoms with van der Waals surface area (Å²) in [5.74, 6) is 0.585. The molecule has 2 aromatic carbocycles. The first-order chi connectivity index (χ1) is 44.8. The Morgan fingerprint density at radius 1 is 0.667 bits per heavy atom. The van der Waals surface area contributed by atoms with Crippen molar-refractivity contribution < 1.29 is 38.0 Å². The molecule has 2 N–H and O–H groups in total. The molecule has 5 aromatic heterocycles. The molecule has 11 rings (SSSR count). The lowest BCUT2D eigenvalue weighted by Gasteiger charge is -2.32. The number of rotatable bonds is 12. The highest BCUT2D eigenvalue weighted by atomic mass is 35.5. The molecule has 0 bridgehead atoms. The maximum Gasteiger partial charge on any atom is 0.494 e. The van der Waals surface area contributed by atoms with Crippen LogP contribution in [0.5, 0.6) is 0 Å². The van der Waals surface area contributed by atoms with Crippen molar-refractivity contribution in [3.63, 3.8) is 0 Å². The van der Waals surface area contributed by atoms with Crippen LogP contribution in [0.15, 0.2) is 102 Å². The van der Waals surface area contributed by atoms with Crippen LogP contribution in [0.25, 0.3) is 11.3 Å². The first-order valence-corrected chi connectivity index (χ1v) is 32.8. The summed E-state index contributed by atoms with van der Waals surface area (Å²) in [6.45, 7) is 35.0. The zero-order chi connectivity index (χ0) is 69.9. The molecule has 1 fully saturated rings. The number of ether oxygens (including phenoxy) is 2. The molecule has 2 amide bonds. The van der Waals surface area contributed by atoms with Gasteiger partial charge in [-0.3, -0.25) is 19.3 Å². The number of hydrogen-bond donors (Lipinski definition) is 2. The lowest BCUT2D eigenvalue weighted by atomic mass is 9.76. The van der Waals surface area contributed by atoms with Crippen molar-refractivity contribution in [2.45, 2.75) is 208 Å². The van der Waals surface area contributed by atoms with Crippen molar-refractivity contribution in [1.82, 2.24) is 69.5 Å². The SMILES string of the molecule is CC(C)(C)OC(=O)N1CC[C@@H](CC(=O)c2cn(C(C)(C)C)nn2)c2ccc(B3OC(C)(C)C(C)(C)O3)cc2C1.CC1C=C(Nc2nccc(Cl)n2)C=N1.Cn1cc(Nc2nccc(-c3ccc4c(c3)CN(C(=O)OC(C)(C)C)CC[C@H]4CC(=O)c3cn(C(C)(C)C)nn3)n2)cn1. The molecule has 25 nitrogen and oxygen atoms in total. The van der Waals surface area contributed by atoms with Gasteiger partial charge in [-0.05, 0) is 194 Å². The van der Waals surface area contributed by atoms with Gasteiger partial charge in [-0.25, -0.2) is 38.9 Å². The van der Waals surface area contributed by atoms with E-state index in [-0.39, 0.29) is 65.6 Å². The third-order valence-corrected chi connectivity index (χ3v) is 16.9. The number of hydrogen-bond acceptors (Lipinski definition) is 20. The van der Waals surface area contributed by atoms with Crippen molar-refractivity contribution >= 4 is 71.7 Å². The number of nitrogens with zero attached hydrogens (tertiary/aromatic N) is 15. The van der Waals surface area contributed by atoms with E-state index in [0.717, 1.165) is 50.4 Å². The molecule has 9 heterocycles. The number of halogens is 1. The van der Waals surface area contributed by atoms with Crippen LogP contribution in [0.4, 0.5) is 27.2 Å². The topological polar surface area (TPSA) is 279 Å². The number of aromatic nitrogens is 12. The van der Waals surface area contributed by atoms with Crippen LogP contribution in [-0.4, -0.2) is 148 Å². The molecule has 7 aromatic rings. The Bertz CT molecular complexity index is 4000. The number of allylic oxidation sites excluding steroid dienone is 1. The van der Waals surface area contributed by atoms with Gasteiger partial charge in [-0.15, -0.1) is 10.2 Å². The predicted molar refractivity (Wildman–Crippen MR) is 369 cm³/mol. The van der Waals surface area contributed by atoms with E-state index in [1.807, 2.05) is 173 Å². The fraction of sp³-hybridized carbons (Fsp3) is 0.507. The van der Waals surface area contributed by atoms with Crippen LogP contribution in [0.1, 0.15) is 198 Å². The van der Waals surface area contributed by atoms with Crippen molar-refractivity contribution in [3.8, 4) is 11.3 Å². The Balaban J connectivity index is 0.000000188. The maximum atomic E-state index is 13.4. The van der Waals surface area contributed by atoms with E-state index in [9.17, 15) is 19.2 Å². The lowest BCUT2D eigenvalue weighted by Crippen LogP contribution is -2.41. The summed E-state index contributed by atoms with van der Waals surface area (Å²) in [5, 5.41) is 27.4. The van der Waals surface area contributed by atoms with E-state index in [1.165, 1.54) is 0 Å². The van der Waals surface area contributed by atoms with Gasteiger partial charge in [0.1, 0.15) is 27.7 Å². The highest BCUT2D eigenvalue weighted by Crippen LogP contribution is 2.39. The molecule has 27 heteroatoms. The number of aryl methyl sites for hydroxylation is 1. The number of nitrogens with one attached hydrogen (secondary N) is 2. The number of ketones is 2. The Labute approximate surface area is 567 Å². The Hall–Kier alpha value is -8.75. The van der Waals surface area contributed by atoms with Crippen LogP contribution in [0.3, 0.4) is 0 Å². The van der Waals surface area contributed by atoms with Gasteiger partial charge in [0.25, 0.3) is 0 Å². The van der Waals surface area contributed by atoms with Gasteiger partial charge >= 0.3 is 19.3 Å². The normalized spacial score (nSPS) is 18.3. The molecule has 510 valence electrons. The smallest absolute Gasteiger partial charge is 0.444 e. The number of amides is 2. The molecule has 0 spiro atoms. The molecule has 4 aliphatic rings. The number of fused-ring (bicyclic) bond motifs is 2. The average Bonchev–Trinajstić information content (AvgIpc) is 1.63. The first kappa shape index (κ1) is 71.5. The second kappa shape index (κ2) is 28.5. The molecule has 3 atom stereocenters. The molecular formula is C69H91BClN17O8. The average molecular weight is 1330 g/mol. The van der Waals surface area contributed by atoms with Crippen LogP contribution in [0.2, 0.25) is 5.15 Å². The third kappa shape index (κ3) is 18.6. The number of carbonyl (C=O) groups excluding carboxylic acids is 4. The Morgan fingerprint density at radius 2 is 1.18 bits per heavy atom. The van der Waals surface area contributed by atoms with E-state index in [4.69, 9.17) is 35.4 Å². The fourth-order valence-electron chi connectivity index (χ4n) is 10.9. The number of benzene rings is 2. The molecule has 1 saturated heterocycles. The van der Waals surface area contributed by atoms with Gasteiger partial charge in [0.05, 0.1) is 64.0 Å². The van der Waals surface area contributed by atoms with Crippen molar-refractivity contribution in [2.24, 2.45) is 12.0 Å². The number of anilines is 3. The Morgan fingerprint density at radius 3 is 1.65 bits per heavy atom. The van der Waals surface area contributed by atoms with E-state index in [0.29, 0.717) is 67.5 Å². The van der Waals surface area contributed by atoms with Crippen molar-refractivity contribution in [1.29, 1.82) is 0 Å². The third-order valence-electron chi connectivity index (χ3n) is 16.7. The number of Topliss-reactive ketones (excluding diaryl/α,β-unsaturated/α-hetero) is 2. The number of aliphatic imine (C=N–C) groups is 1. The largest absolute Gasteiger partial charge is 0.494 e. The minimum Gasteiger partial charge on any atom is -0.444 e. The van der Waals surface area contributed by atoms with E-state index in [2.05, 4.69) is 62.4 Å². The molecule has 1 unspecified atom stereocenters. The summed E-state index contributed by atoms with van der Waals surface area (Å²) in [5.41, 5.74) is 6.13. The van der Waals surface area contributed by atoms with E-state index < -0.39 is 29.5 Å². The molecule has 96 heavy (non-hydrogen) atoms. The summed E-state index contributed by atoms with van der Waals surface area (Å²) in [7, 11) is 1.32. The quantitative estimate of drug-likeness (QED) is 0.0653. The second-order valence-corrected chi connectivity index (χ2v) is 30.1. The summed E-state index contributed by atoms with van der Waals surface area (Å²) >= 11 is 5.71. The summed E-state index contributed by atoms with van der Waals surface area (Å²) in [6.07, 6.45) is 15.0. The van der Waals surface area contributed by atoms with Gasteiger partial charge in [0, 0.05) is 76.4 Å². The Kier molecular flexibility index (Phi) is 21.3. The lowest BCUT2D eigenvalue weighted by molar-refractivity contribution is 0.00578. The first-order valence-electron chi connectivity index (χ1n) is 32.4. The predicted octanol–water partition coefficient (Wildman–Crippen LogP) is 12.2. The van der Waals surface area contributed by atoms with E-state index >= 15 is 0 Å². The maximum absolute atomic E-state index is 13.4. The number of carbonyl (C=O) groups is 4. The van der Waals surface area contributed by atoms with Crippen molar-refractivity contribution in [2.75, 3.05) is 23.7 Å². The van der Waals surface area contributed by atoms with Crippen molar-refractivity contribution in [3.05, 3.63) is 136 Å². The summed E-state index contributed by atoms with van der Waals surface area (Å²) in [4.78, 5) is 77.7. The van der Waals surface area contributed by atoms with Crippen LogP contribution < -0.4 is 16.1 Å². The standard InChI is InChI=1S/C31H39N9O3.C29H43BN4O5.C9H9ClN4/c1-30(2,3)40-19-26(36-37-40)27(41)15-20-11-13-39(29(42)43-31(4,5)6)17-22-14-21(8-9-24(20)22)25-10-12-32-28(35-25)34-23-16-33-38(7)18-23;1-26(2,3)34-18-23(31-32-34)24(35)16-19-13-14-33(25(36)37-27(4,5)6)17-20-15-21(11-12-22(19)20)30-38-28(7,8)29(9,10)39-30;1-6-4-7(5-12-6)13-9-11-3-2-8(10)14-9/h8-10,12,14,16,18-20H,11,13,15,17H2,1-7H3,(H,32,34,35);11-12,15,18-19H,13-14,16-17H2,1-10H3;2-6H,1H3,(H,11,13,14)/t20-;19-;/m00./s1. The minimum atomic E-state index is -0.624. The monoisotopic (exact) mass is 1330 g/mol. The molecular weight excluding hydrogens is 1240 g/mol. The fourth-order valence-corrected chi connectivity index (χ4v) is 11.0. The molecule has 4 aliphatic heterocycles.